The van der Waals surface area contributed by atoms with Gasteiger partial charge in [-0.3, -0.25) is 0 Å². The Morgan fingerprint density at radius 1 is 0.886 bits per heavy atom. The number of carbonyl (C=O) groups excluding carboxylic acids is 1. The first-order valence-corrected chi connectivity index (χ1v) is 12.2. The highest BCUT2D eigenvalue weighted by Crippen LogP contribution is 2.40. The fourth-order valence-electron chi connectivity index (χ4n) is 4.49. The third kappa shape index (κ3) is 5.62. The van der Waals surface area contributed by atoms with Crippen molar-refractivity contribution in [3.05, 3.63) is 112 Å². The number of aryl methyl sites for hydroxylation is 1. The van der Waals surface area contributed by atoms with E-state index in [1.807, 2.05) is 54.6 Å². The van der Waals surface area contributed by atoms with Crippen LogP contribution in [0, 0.1) is 5.21 Å². The molecule has 0 N–H and O–H groups in total. The molecule has 0 unspecified atom stereocenters. The van der Waals surface area contributed by atoms with Gasteiger partial charge in [-0.05, 0) is 67.5 Å². The number of carbonyl (C=O) groups is 1. The zero-order valence-electron chi connectivity index (χ0n) is 20.3. The molecule has 0 aromatic heterocycles. The zero-order valence-corrected chi connectivity index (χ0v) is 20.3. The van der Waals surface area contributed by atoms with Gasteiger partial charge in [0.25, 0.3) is 0 Å². The van der Waals surface area contributed by atoms with E-state index in [0.717, 1.165) is 41.5 Å². The molecule has 35 heavy (non-hydrogen) atoms. The monoisotopic (exact) mass is 469 g/mol. The number of rotatable bonds is 10. The van der Waals surface area contributed by atoms with Crippen molar-refractivity contribution in [1.82, 2.24) is 0 Å². The lowest BCUT2D eigenvalue weighted by Gasteiger charge is -2.10. The topological polar surface area (TPSA) is 61.6 Å². The summed E-state index contributed by atoms with van der Waals surface area (Å²) in [5.74, 6) is 0.185. The van der Waals surface area contributed by atoms with E-state index >= 15 is 0 Å². The molecule has 1 aliphatic carbocycles. The molecule has 0 aliphatic heterocycles. The maximum absolute atomic E-state index is 13.0. The van der Waals surface area contributed by atoms with Gasteiger partial charge in [-0.25, -0.2) is 9.53 Å². The Hall–Kier alpha value is -3.86. The van der Waals surface area contributed by atoms with Gasteiger partial charge in [0.05, 0.1) is 18.8 Å². The molecule has 5 nitrogen and oxygen atoms in total. The first kappa shape index (κ1) is 24.3. The van der Waals surface area contributed by atoms with E-state index < -0.39 is 5.97 Å². The van der Waals surface area contributed by atoms with Crippen LogP contribution in [0.15, 0.2) is 84.4 Å². The van der Waals surface area contributed by atoms with Gasteiger partial charge in [0, 0.05) is 5.57 Å². The number of unbranched alkanes of at least 4 members (excludes halogenated alkanes) is 2. The summed E-state index contributed by atoms with van der Waals surface area (Å²) < 4.78 is 12.1. The van der Waals surface area contributed by atoms with Crippen molar-refractivity contribution < 1.29 is 19.0 Å². The maximum Gasteiger partial charge on any atom is 0.345 e. The third-order valence-electron chi connectivity index (χ3n) is 6.08. The van der Waals surface area contributed by atoms with Crippen LogP contribution in [0.25, 0.3) is 5.57 Å². The molecule has 0 bridgehead atoms. The van der Waals surface area contributed by atoms with E-state index in [-0.39, 0.29) is 6.61 Å². The second-order valence-electron chi connectivity index (χ2n) is 8.53. The molecule has 3 aromatic carbocycles. The number of hydroxylamine groups is 1. The van der Waals surface area contributed by atoms with Crippen molar-refractivity contribution in [1.29, 1.82) is 0 Å². The zero-order chi connectivity index (χ0) is 24.6. The van der Waals surface area contributed by atoms with Crippen LogP contribution in [0.5, 0.6) is 5.75 Å². The Morgan fingerprint density at radius 3 is 2.29 bits per heavy atom. The number of fused-ring (bicyclic) bond motifs is 1. The average molecular weight is 470 g/mol. The minimum Gasteiger partial charge on any atom is -0.624 e. The van der Waals surface area contributed by atoms with Crippen molar-refractivity contribution in [2.75, 3.05) is 20.3 Å². The summed E-state index contributed by atoms with van der Waals surface area (Å²) in [7, 11) is 1.41. The predicted octanol–water partition coefficient (Wildman–Crippen LogP) is 5.79. The van der Waals surface area contributed by atoms with Crippen LogP contribution >= 0.6 is 0 Å². The lowest BCUT2D eigenvalue weighted by atomic mass is 9.97. The third-order valence-corrected chi connectivity index (χ3v) is 6.08. The molecule has 0 spiro atoms. The minimum atomic E-state index is -0.499. The Morgan fingerprint density at radius 2 is 1.60 bits per heavy atom. The molecule has 0 atom stereocenters. The van der Waals surface area contributed by atoms with Crippen molar-refractivity contribution in [2.45, 2.75) is 32.6 Å². The predicted molar refractivity (Wildman–Crippen MR) is 139 cm³/mol. The molecule has 180 valence electrons. The molecular weight excluding hydrogens is 438 g/mol. The van der Waals surface area contributed by atoms with Crippen molar-refractivity contribution in [3.63, 3.8) is 0 Å². The Balaban J connectivity index is 1.51. The standard InChI is InChI=1S/C30H31NO4/c1-3-34-30(32)28-27(23-16-10-5-11-17-23)25-19-18-24(21-26(25)29(28)31(2)33)35-20-12-6-9-15-22-13-7-4-8-14-22/h4-5,7-8,10-11,13-14,16-19,21H,3,6,9,12,15,20H2,1-2H3/b31-29-. The highest BCUT2D eigenvalue weighted by Gasteiger charge is 2.39. The number of ether oxygens (including phenoxy) is 2. The molecule has 4 rings (SSSR count). The number of nitrogens with zero attached hydrogens (tertiary/aromatic N) is 1. The van der Waals surface area contributed by atoms with Crippen LogP contribution < -0.4 is 4.74 Å². The number of benzene rings is 3. The Bertz CT molecular complexity index is 1230. The average Bonchev–Trinajstić information content (AvgIpc) is 3.22. The number of hydrogen-bond acceptors (Lipinski definition) is 4. The van der Waals surface area contributed by atoms with Gasteiger partial charge in [0.15, 0.2) is 0 Å². The van der Waals surface area contributed by atoms with Crippen LogP contribution in [0.3, 0.4) is 0 Å². The van der Waals surface area contributed by atoms with Crippen LogP contribution in [0.4, 0.5) is 0 Å². The normalized spacial score (nSPS) is 14.0. The summed E-state index contributed by atoms with van der Waals surface area (Å²) in [4.78, 5) is 13.0. The van der Waals surface area contributed by atoms with Gasteiger partial charge < -0.3 is 14.7 Å². The summed E-state index contributed by atoms with van der Waals surface area (Å²) in [6.45, 7) is 2.59. The van der Waals surface area contributed by atoms with E-state index in [0.29, 0.717) is 34.8 Å². The second-order valence-corrected chi connectivity index (χ2v) is 8.53. The van der Waals surface area contributed by atoms with Gasteiger partial charge in [-0.15, -0.1) is 0 Å². The Kier molecular flexibility index (Phi) is 7.99. The summed E-state index contributed by atoms with van der Waals surface area (Å²) >= 11 is 0. The number of hydrogen-bond donors (Lipinski definition) is 0. The molecule has 0 heterocycles. The van der Waals surface area contributed by atoms with Crippen molar-refractivity contribution >= 4 is 17.3 Å². The summed E-state index contributed by atoms with van der Waals surface area (Å²) in [6, 6.07) is 25.8. The number of esters is 1. The van der Waals surface area contributed by atoms with Crippen molar-refractivity contribution in [2.24, 2.45) is 0 Å². The smallest absolute Gasteiger partial charge is 0.345 e. The fraction of sp³-hybridized carbons (Fsp3) is 0.267. The van der Waals surface area contributed by atoms with Gasteiger partial charge >= 0.3 is 5.97 Å². The maximum atomic E-state index is 13.0. The largest absolute Gasteiger partial charge is 0.624 e. The molecular formula is C30H31NO4. The fourth-order valence-corrected chi connectivity index (χ4v) is 4.49. The lowest BCUT2D eigenvalue weighted by Crippen LogP contribution is -2.21. The van der Waals surface area contributed by atoms with Crippen LogP contribution in [-0.4, -0.2) is 36.7 Å². The van der Waals surface area contributed by atoms with E-state index in [1.165, 1.54) is 12.6 Å². The first-order chi connectivity index (χ1) is 17.1. The SMILES string of the molecule is CCOC(=O)C1=C(c2ccccc2)c2ccc(OCCCCCc3ccccc3)cc2/C1=[N+](\C)[O-]. The van der Waals surface area contributed by atoms with Gasteiger partial charge in [-0.2, -0.15) is 0 Å². The highest BCUT2D eigenvalue weighted by atomic mass is 16.5. The van der Waals surface area contributed by atoms with Crippen molar-refractivity contribution in [3.8, 4) is 5.75 Å². The summed E-state index contributed by atoms with van der Waals surface area (Å²) in [5.41, 5.74) is 5.05. The Labute approximate surface area is 206 Å². The quantitative estimate of drug-likeness (QED) is 0.124. The summed E-state index contributed by atoms with van der Waals surface area (Å²) in [5, 5.41) is 12.7. The first-order valence-electron chi connectivity index (χ1n) is 12.2. The highest BCUT2D eigenvalue weighted by molar-refractivity contribution is 6.35. The molecule has 0 amide bonds. The van der Waals surface area contributed by atoms with Crippen LogP contribution in [-0.2, 0) is 16.0 Å². The summed E-state index contributed by atoms with van der Waals surface area (Å²) in [6.07, 6.45) is 4.21. The molecule has 5 heteroatoms. The lowest BCUT2D eigenvalue weighted by molar-refractivity contribution is -0.421. The van der Waals surface area contributed by atoms with E-state index in [4.69, 9.17) is 9.47 Å². The molecule has 0 fully saturated rings. The van der Waals surface area contributed by atoms with Gasteiger partial charge in [0.1, 0.15) is 18.4 Å². The molecule has 0 radical (unpaired) electrons. The molecule has 1 aliphatic rings. The van der Waals surface area contributed by atoms with E-state index in [1.54, 1.807) is 6.92 Å². The minimum absolute atomic E-state index is 0.231. The van der Waals surface area contributed by atoms with E-state index in [2.05, 4.69) is 24.3 Å². The van der Waals surface area contributed by atoms with Gasteiger partial charge in [-0.1, -0.05) is 60.7 Å². The van der Waals surface area contributed by atoms with E-state index in [9.17, 15) is 10.0 Å². The van der Waals surface area contributed by atoms with Crippen LogP contribution in [0.2, 0.25) is 0 Å². The van der Waals surface area contributed by atoms with Gasteiger partial charge in [0.2, 0.25) is 5.71 Å². The second kappa shape index (κ2) is 11.5. The molecule has 0 saturated heterocycles. The van der Waals surface area contributed by atoms with Crippen LogP contribution in [0.1, 0.15) is 48.4 Å². The molecule has 3 aromatic rings. The molecule has 0 saturated carbocycles.